The second-order valence-corrected chi connectivity index (χ2v) is 9.96. The van der Waals surface area contributed by atoms with Crippen molar-refractivity contribution in [1.29, 1.82) is 0 Å². The lowest BCUT2D eigenvalue weighted by Crippen LogP contribution is -2.49. The monoisotopic (exact) mass is 590 g/mol. The van der Waals surface area contributed by atoms with Gasteiger partial charge in [-0.3, -0.25) is 19.2 Å². The zero-order chi connectivity index (χ0) is 30.0. The van der Waals surface area contributed by atoms with Crippen molar-refractivity contribution in [2.45, 2.75) is 45.1 Å². The Labute approximate surface area is 237 Å². The van der Waals surface area contributed by atoms with Crippen molar-refractivity contribution in [3.63, 3.8) is 0 Å². The number of halogens is 2. The first-order valence-electron chi connectivity index (χ1n) is 13.3. The Morgan fingerprint density at radius 3 is 2.71 bits per heavy atom. The average molecular weight is 591 g/mol. The van der Waals surface area contributed by atoms with E-state index in [4.69, 9.17) is 18.9 Å². The molecule has 1 aromatic carbocycles. The van der Waals surface area contributed by atoms with Gasteiger partial charge in [-0.1, -0.05) is 6.07 Å². The number of nitrogens with zero attached hydrogens (tertiary/aromatic N) is 3. The molecule has 0 radical (unpaired) electrons. The van der Waals surface area contributed by atoms with Crippen molar-refractivity contribution in [3.8, 4) is 5.75 Å². The van der Waals surface area contributed by atoms with Crippen LogP contribution in [0.2, 0.25) is 0 Å². The number of nitrogens with one attached hydrogen (secondary N) is 1. The van der Waals surface area contributed by atoms with Crippen molar-refractivity contribution >= 4 is 23.9 Å². The summed E-state index contributed by atoms with van der Waals surface area (Å²) in [6, 6.07) is 2.56. The fourth-order valence-electron chi connectivity index (χ4n) is 5.05. The normalized spacial score (nSPS) is 19.4. The van der Waals surface area contributed by atoms with Gasteiger partial charge in [0.15, 0.2) is 11.9 Å². The van der Waals surface area contributed by atoms with Crippen molar-refractivity contribution in [2.75, 3.05) is 33.1 Å². The van der Waals surface area contributed by atoms with Crippen molar-refractivity contribution in [2.24, 2.45) is 0 Å². The predicted octanol–water partition coefficient (Wildman–Crippen LogP) is 1.37. The molecule has 3 aliphatic heterocycles. The summed E-state index contributed by atoms with van der Waals surface area (Å²) in [5.74, 6) is -3.72. The van der Waals surface area contributed by atoms with Crippen LogP contribution in [-0.4, -0.2) is 83.6 Å². The minimum Gasteiger partial charge on any atom is -0.451 e. The summed E-state index contributed by atoms with van der Waals surface area (Å²) < 4.78 is 49.6. The molecule has 0 bridgehead atoms. The van der Waals surface area contributed by atoms with Gasteiger partial charge < -0.3 is 38.6 Å². The Bertz CT molecular complexity index is 1480. The Morgan fingerprint density at radius 1 is 1.17 bits per heavy atom. The second-order valence-electron chi connectivity index (χ2n) is 9.96. The Balaban J connectivity index is 1.32. The molecule has 2 saturated heterocycles. The molecular weight excluding hydrogens is 562 g/mol. The van der Waals surface area contributed by atoms with Crippen LogP contribution in [0.15, 0.2) is 29.2 Å². The number of aromatic nitrogens is 1. The Hall–Kier alpha value is -4.53. The molecule has 0 spiro atoms. The molecule has 0 saturated carbocycles. The van der Waals surface area contributed by atoms with Crippen LogP contribution in [0.4, 0.5) is 13.6 Å². The Kier molecular flexibility index (Phi) is 8.38. The van der Waals surface area contributed by atoms with Crippen molar-refractivity contribution < 1.29 is 46.9 Å². The topological polar surface area (TPSA) is 146 Å². The number of rotatable bonds is 9. The van der Waals surface area contributed by atoms with E-state index >= 15 is 0 Å². The standard InChI is InChI=1S/C27H28F2N4O9/c1-15-13-40-21-12-32-11-18(25(36)30-10-16-4-5-17(28)9-19(16)29)23(35)24(22(32)26(37)33(15)21)41-14-42-27(38)39-8-7-31-6-2-3-20(31)34/h4-5,9,11,15,21H,2-3,6-8,10,12-14H2,1H3,(H,30,36). The first kappa shape index (κ1) is 29.0. The highest BCUT2D eigenvalue weighted by molar-refractivity contribution is 5.99. The number of carbonyl (C=O) groups excluding carboxylic acids is 4. The lowest BCUT2D eigenvalue weighted by Gasteiger charge is -2.34. The third-order valence-electron chi connectivity index (χ3n) is 7.17. The smallest absolute Gasteiger partial charge is 0.451 e. The predicted molar refractivity (Wildman–Crippen MR) is 137 cm³/mol. The molecule has 3 amide bonds. The van der Waals surface area contributed by atoms with Crippen molar-refractivity contribution in [1.82, 2.24) is 19.7 Å². The number of benzene rings is 1. The van der Waals surface area contributed by atoms with Gasteiger partial charge in [0.1, 0.15) is 23.8 Å². The summed E-state index contributed by atoms with van der Waals surface area (Å²) in [6.07, 6.45) is 0.586. The highest BCUT2D eigenvalue weighted by atomic mass is 19.1. The number of carbonyl (C=O) groups is 4. The summed E-state index contributed by atoms with van der Waals surface area (Å²) in [4.78, 5) is 66.5. The van der Waals surface area contributed by atoms with Gasteiger partial charge in [-0.15, -0.1) is 0 Å². The third kappa shape index (κ3) is 5.91. The van der Waals surface area contributed by atoms with Crippen LogP contribution >= 0.6 is 0 Å². The highest BCUT2D eigenvalue weighted by Crippen LogP contribution is 2.30. The molecular formula is C27H28F2N4O9. The molecule has 2 atom stereocenters. The first-order valence-corrected chi connectivity index (χ1v) is 13.3. The van der Waals surface area contributed by atoms with Gasteiger partial charge in [-0.05, 0) is 19.4 Å². The number of likely N-dealkylation sites (tertiary alicyclic amines) is 1. The minimum atomic E-state index is -1.13. The van der Waals surface area contributed by atoms with Crippen LogP contribution < -0.4 is 15.5 Å². The number of pyridine rings is 1. The summed E-state index contributed by atoms with van der Waals surface area (Å²) in [6.45, 7) is 1.61. The van der Waals surface area contributed by atoms with Crippen LogP contribution in [0.1, 0.15) is 46.2 Å². The summed E-state index contributed by atoms with van der Waals surface area (Å²) in [5.41, 5.74) is -1.58. The molecule has 15 heteroatoms. The van der Waals surface area contributed by atoms with E-state index in [1.54, 1.807) is 11.8 Å². The molecule has 2 fully saturated rings. The van der Waals surface area contributed by atoms with E-state index in [9.17, 15) is 32.8 Å². The Morgan fingerprint density at radius 2 is 1.98 bits per heavy atom. The van der Waals surface area contributed by atoms with E-state index in [1.165, 1.54) is 15.7 Å². The molecule has 1 N–H and O–H groups in total. The van der Waals surface area contributed by atoms with Crippen LogP contribution in [-0.2, 0) is 32.1 Å². The average Bonchev–Trinajstić information content (AvgIpc) is 3.53. The number of amides is 3. The van der Waals surface area contributed by atoms with Crippen LogP contribution in [0.25, 0.3) is 0 Å². The van der Waals surface area contributed by atoms with Crippen LogP contribution in [0.3, 0.4) is 0 Å². The largest absolute Gasteiger partial charge is 0.511 e. The van der Waals surface area contributed by atoms with Crippen molar-refractivity contribution in [3.05, 3.63) is 63.1 Å². The zero-order valence-corrected chi connectivity index (χ0v) is 22.6. The molecule has 224 valence electrons. The van der Waals surface area contributed by atoms with Gasteiger partial charge in [-0.2, -0.15) is 0 Å². The van der Waals surface area contributed by atoms with E-state index in [-0.39, 0.29) is 56.1 Å². The maximum absolute atomic E-state index is 14.0. The molecule has 2 unspecified atom stereocenters. The fourth-order valence-corrected chi connectivity index (χ4v) is 5.05. The summed E-state index contributed by atoms with van der Waals surface area (Å²) in [7, 11) is 0. The molecule has 42 heavy (non-hydrogen) atoms. The SMILES string of the molecule is CC1COC2Cn3cc(C(=O)NCc4ccc(F)cc4F)c(=O)c(OCOC(=O)OCCN4CCCC4=O)c3C(=O)N12. The zero-order valence-electron chi connectivity index (χ0n) is 22.6. The summed E-state index contributed by atoms with van der Waals surface area (Å²) >= 11 is 0. The van der Waals surface area contributed by atoms with Gasteiger partial charge in [0.2, 0.25) is 23.9 Å². The molecule has 2 aromatic rings. The lowest BCUT2D eigenvalue weighted by atomic mass is 10.1. The lowest BCUT2D eigenvalue weighted by molar-refractivity contribution is -0.128. The molecule has 1 aromatic heterocycles. The number of ether oxygens (including phenoxy) is 4. The number of hydrogen-bond donors (Lipinski definition) is 1. The van der Waals surface area contributed by atoms with E-state index in [0.29, 0.717) is 19.0 Å². The van der Waals surface area contributed by atoms with E-state index in [2.05, 4.69) is 5.32 Å². The van der Waals surface area contributed by atoms with Crippen LogP contribution in [0.5, 0.6) is 5.75 Å². The third-order valence-corrected chi connectivity index (χ3v) is 7.17. The quantitative estimate of drug-likeness (QED) is 0.338. The van der Waals surface area contributed by atoms with Crippen LogP contribution in [0, 0.1) is 11.6 Å². The molecule has 4 heterocycles. The molecule has 0 aliphatic carbocycles. The van der Waals surface area contributed by atoms with Gasteiger partial charge in [-0.25, -0.2) is 13.6 Å². The number of fused-ring (bicyclic) bond motifs is 2. The maximum atomic E-state index is 14.0. The van der Waals surface area contributed by atoms with Gasteiger partial charge in [0, 0.05) is 37.3 Å². The van der Waals surface area contributed by atoms with Gasteiger partial charge in [0.05, 0.1) is 25.7 Å². The molecule has 13 nitrogen and oxygen atoms in total. The van der Waals surface area contributed by atoms with E-state index < -0.39 is 59.4 Å². The minimum absolute atomic E-state index is 0.0144. The van der Waals surface area contributed by atoms with Gasteiger partial charge in [0.25, 0.3) is 11.8 Å². The number of hydrogen-bond acceptors (Lipinski definition) is 9. The van der Waals surface area contributed by atoms with E-state index in [0.717, 1.165) is 18.6 Å². The fraction of sp³-hybridized carbons (Fsp3) is 0.444. The maximum Gasteiger partial charge on any atom is 0.511 e. The van der Waals surface area contributed by atoms with Gasteiger partial charge >= 0.3 is 6.16 Å². The second kappa shape index (κ2) is 12.1. The highest BCUT2D eigenvalue weighted by Gasteiger charge is 2.43. The summed E-state index contributed by atoms with van der Waals surface area (Å²) in [5, 5.41) is 2.41. The molecule has 5 rings (SSSR count). The molecule has 3 aliphatic rings. The first-order chi connectivity index (χ1) is 20.1. The van der Waals surface area contributed by atoms with E-state index in [1.807, 2.05) is 0 Å².